The molecular formula is C24H26N2O7. The molecule has 3 aromatic rings. The van der Waals surface area contributed by atoms with Gasteiger partial charge >= 0.3 is 17.6 Å². The van der Waals surface area contributed by atoms with E-state index in [0.717, 1.165) is 16.5 Å². The lowest BCUT2D eigenvalue weighted by Crippen LogP contribution is -2.42. The van der Waals surface area contributed by atoms with Crippen LogP contribution in [0.3, 0.4) is 0 Å². The van der Waals surface area contributed by atoms with Gasteiger partial charge in [-0.3, -0.25) is 9.59 Å². The Hall–Kier alpha value is -4.14. The average Bonchev–Trinajstić information content (AvgIpc) is 2.73. The first-order valence-corrected chi connectivity index (χ1v) is 10.2. The topological polar surface area (TPSA) is 160 Å². The number of rotatable bonds is 8. The molecule has 0 saturated carbocycles. The van der Waals surface area contributed by atoms with Crippen LogP contribution >= 0.6 is 0 Å². The van der Waals surface area contributed by atoms with E-state index in [4.69, 9.17) is 20.4 Å². The molecule has 0 spiro atoms. The molecule has 9 nitrogen and oxygen atoms in total. The third-order valence-corrected chi connectivity index (χ3v) is 4.69. The summed E-state index contributed by atoms with van der Waals surface area (Å²) in [7, 11) is 0. The maximum Gasteiger partial charge on any atom is 0.336 e. The second kappa shape index (κ2) is 12.0. The fraction of sp³-hybridized carbons (Fsp3) is 0.250. The summed E-state index contributed by atoms with van der Waals surface area (Å²) < 4.78 is 4.99. The van der Waals surface area contributed by atoms with Crippen LogP contribution in [0.1, 0.15) is 30.4 Å². The number of nitrogen functional groups attached to an aromatic ring is 1. The Bertz CT molecular complexity index is 1170. The first kappa shape index (κ1) is 25.1. The number of hydrogen-bond acceptors (Lipinski definition) is 6. The van der Waals surface area contributed by atoms with Gasteiger partial charge in [-0.05, 0) is 36.6 Å². The van der Waals surface area contributed by atoms with E-state index in [2.05, 4.69) is 5.32 Å². The fourth-order valence-electron chi connectivity index (χ4n) is 3.06. The summed E-state index contributed by atoms with van der Waals surface area (Å²) in [5, 5.41) is 20.9. The van der Waals surface area contributed by atoms with E-state index in [1.165, 1.54) is 6.07 Å². The lowest BCUT2D eigenvalue weighted by molar-refractivity contribution is -0.142. The smallest absolute Gasteiger partial charge is 0.336 e. The van der Waals surface area contributed by atoms with Gasteiger partial charge in [-0.15, -0.1) is 0 Å². The third kappa shape index (κ3) is 8.48. The van der Waals surface area contributed by atoms with Crippen molar-refractivity contribution in [3.8, 4) is 0 Å². The Morgan fingerprint density at radius 2 is 1.73 bits per heavy atom. The van der Waals surface area contributed by atoms with E-state index in [1.54, 1.807) is 36.4 Å². The second-order valence-corrected chi connectivity index (χ2v) is 7.40. The molecule has 1 amide bonds. The van der Waals surface area contributed by atoms with E-state index >= 15 is 0 Å². The minimum atomic E-state index is -1.11. The molecule has 0 fully saturated rings. The van der Waals surface area contributed by atoms with Crippen molar-refractivity contribution in [2.45, 2.75) is 38.6 Å². The number of nitrogens with two attached hydrogens (primary N) is 1. The number of aryl methyl sites for hydroxylation is 1. The molecule has 5 N–H and O–H groups in total. The Morgan fingerprint density at radius 3 is 2.36 bits per heavy atom. The third-order valence-electron chi connectivity index (χ3n) is 4.69. The maximum atomic E-state index is 11.6. The number of hydrogen-bond donors (Lipinski definition) is 4. The highest BCUT2D eigenvalue weighted by Gasteiger charge is 2.20. The summed E-state index contributed by atoms with van der Waals surface area (Å²) in [5.74, 6) is -2.54. The van der Waals surface area contributed by atoms with Crippen LogP contribution in [0, 0.1) is 6.92 Å². The fourth-order valence-corrected chi connectivity index (χ4v) is 3.06. The number of fused-ring (bicyclic) bond motifs is 1. The number of anilines is 1. The van der Waals surface area contributed by atoms with Crippen LogP contribution in [0.25, 0.3) is 11.0 Å². The van der Waals surface area contributed by atoms with Gasteiger partial charge in [0, 0.05) is 42.5 Å². The van der Waals surface area contributed by atoms with Crippen LogP contribution in [-0.2, 0) is 20.8 Å². The number of carboxylic acids is 2. The highest BCUT2D eigenvalue weighted by atomic mass is 16.4. The summed E-state index contributed by atoms with van der Waals surface area (Å²) >= 11 is 0. The molecule has 9 heteroatoms. The first-order valence-electron chi connectivity index (χ1n) is 10.2. The average molecular weight is 454 g/mol. The zero-order valence-electron chi connectivity index (χ0n) is 18.1. The molecule has 3 rings (SSSR count). The van der Waals surface area contributed by atoms with Crippen molar-refractivity contribution in [1.29, 1.82) is 0 Å². The zero-order chi connectivity index (χ0) is 24.4. The molecule has 1 aromatic heterocycles. The van der Waals surface area contributed by atoms with E-state index in [-0.39, 0.29) is 31.3 Å². The lowest BCUT2D eigenvalue weighted by Gasteiger charge is -2.14. The molecule has 1 atom stereocenters. The molecular weight excluding hydrogens is 428 g/mol. The van der Waals surface area contributed by atoms with Crippen LogP contribution in [0.2, 0.25) is 0 Å². The molecule has 0 bridgehead atoms. The van der Waals surface area contributed by atoms with Crippen LogP contribution in [-0.4, -0.2) is 34.1 Å². The van der Waals surface area contributed by atoms with Crippen LogP contribution in [0.5, 0.6) is 0 Å². The summed E-state index contributed by atoms with van der Waals surface area (Å²) in [4.78, 5) is 44.0. The van der Waals surface area contributed by atoms with Crippen molar-refractivity contribution in [1.82, 2.24) is 5.32 Å². The molecule has 0 unspecified atom stereocenters. The largest absolute Gasteiger partial charge is 0.481 e. The second-order valence-electron chi connectivity index (χ2n) is 7.40. The van der Waals surface area contributed by atoms with Crippen LogP contribution < -0.4 is 16.7 Å². The van der Waals surface area contributed by atoms with Gasteiger partial charge in [0.05, 0.1) is 0 Å². The predicted molar refractivity (Wildman–Crippen MR) is 123 cm³/mol. The monoisotopic (exact) mass is 454 g/mol. The molecule has 0 aliphatic carbocycles. The minimum Gasteiger partial charge on any atom is -0.481 e. The molecule has 33 heavy (non-hydrogen) atoms. The first-order chi connectivity index (χ1) is 15.7. The summed E-state index contributed by atoms with van der Waals surface area (Å²) in [6.07, 6.45) is 0.286. The number of carbonyl (C=O) groups is 3. The van der Waals surface area contributed by atoms with Gasteiger partial charge in [0.25, 0.3) is 0 Å². The van der Waals surface area contributed by atoms with Gasteiger partial charge in [-0.1, -0.05) is 30.3 Å². The minimum absolute atomic E-state index is 0.00483. The van der Waals surface area contributed by atoms with Gasteiger partial charge in [0.1, 0.15) is 11.6 Å². The Kier molecular flexibility index (Phi) is 9.17. The van der Waals surface area contributed by atoms with E-state index in [0.29, 0.717) is 11.3 Å². The highest BCUT2D eigenvalue weighted by Crippen LogP contribution is 2.18. The predicted octanol–water partition coefficient (Wildman–Crippen LogP) is 2.74. The van der Waals surface area contributed by atoms with Crippen molar-refractivity contribution in [3.05, 3.63) is 76.1 Å². The summed E-state index contributed by atoms with van der Waals surface area (Å²) in [6.45, 7) is 1.87. The maximum absolute atomic E-state index is 11.6. The zero-order valence-corrected chi connectivity index (χ0v) is 18.1. The Balaban J connectivity index is 0.000000254. The molecule has 0 saturated heterocycles. The van der Waals surface area contributed by atoms with E-state index in [1.807, 2.05) is 19.1 Å². The molecule has 0 aliphatic rings. The Morgan fingerprint density at radius 1 is 1.03 bits per heavy atom. The van der Waals surface area contributed by atoms with E-state index < -0.39 is 23.9 Å². The summed E-state index contributed by atoms with van der Waals surface area (Å²) in [6, 6.07) is 14.7. The number of amides is 1. The van der Waals surface area contributed by atoms with Crippen molar-refractivity contribution in [3.63, 3.8) is 0 Å². The van der Waals surface area contributed by atoms with Crippen molar-refractivity contribution < 1.29 is 29.0 Å². The van der Waals surface area contributed by atoms with Crippen molar-refractivity contribution >= 4 is 34.5 Å². The molecule has 174 valence electrons. The normalized spacial score (nSPS) is 11.2. The summed E-state index contributed by atoms with van der Waals surface area (Å²) in [5.41, 5.74) is 8.09. The molecule has 2 aromatic carbocycles. The van der Waals surface area contributed by atoms with Gasteiger partial charge in [0.2, 0.25) is 5.91 Å². The number of benzene rings is 2. The van der Waals surface area contributed by atoms with Crippen molar-refractivity contribution in [2.75, 3.05) is 5.73 Å². The molecule has 0 radical (unpaired) electrons. The SMILES string of the molecule is Cc1cc(=O)oc2cc(N)ccc12.O=C(O)CCCC(=O)N[C@@H](Cc1ccccc1)C(=O)O. The van der Waals surface area contributed by atoms with E-state index in [9.17, 15) is 19.2 Å². The van der Waals surface area contributed by atoms with Crippen LogP contribution in [0.15, 0.2) is 63.8 Å². The standard InChI is InChI=1S/C14H17NO5.C10H9NO2/c16-12(7-4-8-13(17)18)15-11(14(19)20)9-10-5-2-1-3-6-10;1-6-4-10(12)13-9-5-7(11)2-3-8(6)9/h1-3,5-6,11H,4,7-9H2,(H,15,16)(H,17,18)(H,19,20);2-5H,11H2,1H3/t11-;/m0./s1. The van der Waals surface area contributed by atoms with Gasteiger partial charge in [-0.25, -0.2) is 9.59 Å². The molecule has 0 aliphatic heterocycles. The lowest BCUT2D eigenvalue weighted by atomic mass is 10.1. The number of carbonyl (C=O) groups excluding carboxylic acids is 1. The van der Waals surface area contributed by atoms with Gasteiger partial charge in [0.15, 0.2) is 0 Å². The molecule has 1 heterocycles. The van der Waals surface area contributed by atoms with Gasteiger partial charge in [-0.2, -0.15) is 0 Å². The quantitative estimate of drug-likeness (QED) is 0.298. The number of aliphatic carboxylic acids is 2. The van der Waals surface area contributed by atoms with Crippen molar-refractivity contribution in [2.24, 2.45) is 0 Å². The number of nitrogens with one attached hydrogen (secondary N) is 1. The highest BCUT2D eigenvalue weighted by molar-refractivity contribution is 5.84. The Labute approximate surface area is 189 Å². The number of carboxylic acid groups (broad SMARTS) is 2. The van der Waals surface area contributed by atoms with Gasteiger partial charge < -0.3 is 25.7 Å². The van der Waals surface area contributed by atoms with Crippen LogP contribution in [0.4, 0.5) is 5.69 Å².